The molecular weight excluding hydrogens is 320 g/mol. The Morgan fingerprint density at radius 2 is 2.12 bits per heavy atom. The van der Waals surface area contributed by atoms with Crippen molar-refractivity contribution in [2.75, 3.05) is 44.7 Å². The number of carbonyl (C=O) groups is 2. The first-order chi connectivity index (χ1) is 12.1. The zero-order valence-corrected chi connectivity index (χ0v) is 15.3. The van der Waals surface area contributed by atoms with Crippen LogP contribution in [0.15, 0.2) is 24.3 Å². The smallest absolute Gasteiger partial charge is 0.315 e. The Labute approximate surface area is 149 Å². The van der Waals surface area contributed by atoms with E-state index >= 15 is 0 Å². The number of nitrogens with zero attached hydrogens (tertiary/aromatic N) is 1. The zero-order valence-electron chi connectivity index (χ0n) is 15.3. The average Bonchev–Trinajstić information content (AvgIpc) is 2.99. The first-order valence-corrected chi connectivity index (χ1v) is 8.89. The van der Waals surface area contributed by atoms with Gasteiger partial charge in [0.1, 0.15) is 5.75 Å². The van der Waals surface area contributed by atoms with Gasteiger partial charge in [0.2, 0.25) is 5.91 Å². The molecule has 25 heavy (non-hydrogen) atoms. The number of quaternary nitrogens is 1. The van der Waals surface area contributed by atoms with Gasteiger partial charge in [0, 0.05) is 24.7 Å². The summed E-state index contributed by atoms with van der Waals surface area (Å²) in [4.78, 5) is 27.4. The molecule has 0 aliphatic carbocycles. The number of urea groups is 1. The van der Waals surface area contributed by atoms with E-state index in [1.807, 2.05) is 24.3 Å². The van der Waals surface area contributed by atoms with Crippen LogP contribution in [0.3, 0.4) is 0 Å². The molecule has 0 radical (unpaired) electrons. The lowest BCUT2D eigenvalue weighted by Crippen LogP contribution is -3.12. The number of rotatable bonds is 8. The summed E-state index contributed by atoms with van der Waals surface area (Å²) in [6, 6.07) is 7.00. The predicted molar refractivity (Wildman–Crippen MR) is 97.2 cm³/mol. The van der Waals surface area contributed by atoms with Gasteiger partial charge in [0.15, 0.2) is 0 Å². The number of anilines is 1. The number of amides is 3. The van der Waals surface area contributed by atoms with E-state index in [1.165, 1.54) is 4.90 Å². The largest absolute Gasteiger partial charge is 0.497 e. The van der Waals surface area contributed by atoms with Crippen molar-refractivity contribution in [2.45, 2.75) is 26.3 Å². The quantitative estimate of drug-likeness (QED) is 0.620. The summed E-state index contributed by atoms with van der Waals surface area (Å²) in [5.41, 5.74) is 0.791. The van der Waals surface area contributed by atoms with Gasteiger partial charge < -0.3 is 25.2 Å². The van der Waals surface area contributed by atoms with Gasteiger partial charge in [-0.1, -0.05) is 6.07 Å². The lowest BCUT2D eigenvalue weighted by molar-refractivity contribution is -0.895. The number of nitrogens with one attached hydrogen (secondary N) is 3. The molecule has 0 unspecified atom stereocenters. The molecule has 0 spiro atoms. The molecule has 1 aliphatic rings. The number of carbonyl (C=O) groups excluding carboxylic acids is 2. The molecule has 1 aromatic carbocycles. The molecule has 3 amide bonds. The Balaban J connectivity index is 1.82. The molecule has 0 saturated carbocycles. The van der Waals surface area contributed by atoms with E-state index in [2.05, 4.69) is 24.5 Å². The molecular formula is C18H29N4O3+. The first-order valence-electron chi connectivity index (χ1n) is 8.89. The lowest BCUT2D eigenvalue weighted by atomic mass is 10.2. The Kier molecular flexibility index (Phi) is 7.06. The standard InChI is InChI=1S/C18H28N4O3/c1-4-21(5-2)10-9-19-18(24)20-14-11-17(23)22(13-14)15-7-6-8-16(12-15)25-3/h6-8,12,14H,4-5,9-11,13H2,1-3H3,(H2,19,20,24)/p+1/t14-/m0/s1. The third kappa shape index (κ3) is 5.35. The van der Waals surface area contributed by atoms with Gasteiger partial charge in [-0.25, -0.2) is 4.79 Å². The van der Waals surface area contributed by atoms with E-state index in [4.69, 9.17) is 4.74 Å². The molecule has 138 valence electrons. The van der Waals surface area contributed by atoms with Crippen LogP contribution in [-0.4, -0.2) is 57.8 Å². The lowest BCUT2D eigenvalue weighted by Gasteiger charge is -2.18. The van der Waals surface area contributed by atoms with Crippen LogP contribution in [-0.2, 0) is 4.79 Å². The maximum Gasteiger partial charge on any atom is 0.315 e. The van der Waals surface area contributed by atoms with Crippen LogP contribution in [0, 0.1) is 0 Å². The van der Waals surface area contributed by atoms with Crippen molar-refractivity contribution in [1.29, 1.82) is 0 Å². The van der Waals surface area contributed by atoms with Gasteiger partial charge in [-0.15, -0.1) is 0 Å². The van der Waals surface area contributed by atoms with Gasteiger partial charge >= 0.3 is 6.03 Å². The Hall–Kier alpha value is -2.28. The van der Waals surface area contributed by atoms with E-state index in [9.17, 15) is 9.59 Å². The first kappa shape index (κ1) is 19.1. The zero-order chi connectivity index (χ0) is 18.2. The molecule has 1 aromatic rings. The normalized spacial score (nSPS) is 17.0. The topological polar surface area (TPSA) is 75.1 Å². The van der Waals surface area contributed by atoms with Crippen LogP contribution in [0.25, 0.3) is 0 Å². The Bertz CT molecular complexity index is 589. The second-order valence-corrected chi connectivity index (χ2v) is 6.21. The summed E-state index contributed by atoms with van der Waals surface area (Å²) in [5.74, 6) is 0.712. The molecule has 7 nitrogen and oxygen atoms in total. The highest BCUT2D eigenvalue weighted by atomic mass is 16.5. The van der Waals surface area contributed by atoms with Gasteiger partial charge in [-0.2, -0.15) is 0 Å². The summed E-state index contributed by atoms with van der Waals surface area (Å²) in [6.07, 6.45) is 0.311. The molecule has 1 saturated heterocycles. The fraction of sp³-hybridized carbons (Fsp3) is 0.556. The van der Waals surface area contributed by atoms with Crippen molar-refractivity contribution < 1.29 is 19.2 Å². The van der Waals surface area contributed by atoms with Crippen LogP contribution < -0.4 is 25.2 Å². The molecule has 0 bridgehead atoms. The number of likely N-dealkylation sites (N-methyl/N-ethyl adjacent to an activating group) is 1. The highest BCUT2D eigenvalue weighted by Gasteiger charge is 2.31. The molecule has 1 fully saturated rings. The number of methoxy groups -OCH3 is 1. The van der Waals surface area contributed by atoms with Gasteiger partial charge in [0.05, 0.1) is 39.3 Å². The summed E-state index contributed by atoms with van der Waals surface area (Å²) in [6.45, 7) is 8.37. The molecule has 2 rings (SSSR count). The maximum atomic E-state index is 12.3. The summed E-state index contributed by atoms with van der Waals surface area (Å²) < 4.78 is 5.20. The summed E-state index contributed by atoms with van der Waals surface area (Å²) in [5, 5.41) is 5.77. The summed E-state index contributed by atoms with van der Waals surface area (Å²) >= 11 is 0. The van der Waals surface area contributed by atoms with Crippen LogP contribution in [0.2, 0.25) is 0 Å². The minimum atomic E-state index is -0.211. The predicted octanol–water partition coefficient (Wildman–Crippen LogP) is 0.0244. The van der Waals surface area contributed by atoms with Crippen molar-refractivity contribution >= 4 is 17.6 Å². The minimum Gasteiger partial charge on any atom is -0.497 e. The molecule has 1 aliphatic heterocycles. The number of ether oxygens (including phenoxy) is 1. The molecule has 0 aromatic heterocycles. The van der Waals surface area contributed by atoms with Crippen LogP contribution in [0.4, 0.5) is 10.5 Å². The van der Waals surface area contributed by atoms with Crippen molar-refractivity contribution in [3.8, 4) is 5.75 Å². The highest BCUT2D eigenvalue weighted by Crippen LogP contribution is 2.25. The van der Waals surface area contributed by atoms with E-state index in [-0.39, 0.29) is 18.0 Å². The van der Waals surface area contributed by atoms with Crippen molar-refractivity contribution in [2.24, 2.45) is 0 Å². The van der Waals surface area contributed by atoms with E-state index in [0.717, 1.165) is 25.3 Å². The van der Waals surface area contributed by atoms with E-state index < -0.39 is 0 Å². The van der Waals surface area contributed by atoms with Crippen molar-refractivity contribution in [3.05, 3.63) is 24.3 Å². The average molecular weight is 349 g/mol. The molecule has 1 atom stereocenters. The Morgan fingerprint density at radius 3 is 2.80 bits per heavy atom. The van der Waals surface area contributed by atoms with Crippen molar-refractivity contribution in [3.63, 3.8) is 0 Å². The monoisotopic (exact) mass is 349 g/mol. The van der Waals surface area contributed by atoms with Gasteiger partial charge in [-0.3, -0.25) is 4.79 Å². The van der Waals surface area contributed by atoms with Crippen molar-refractivity contribution in [1.82, 2.24) is 10.6 Å². The third-order valence-electron chi connectivity index (χ3n) is 4.59. The second-order valence-electron chi connectivity index (χ2n) is 6.21. The van der Waals surface area contributed by atoms with E-state index in [1.54, 1.807) is 12.0 Å². The Morgan fingerprint density at radius 1 is 1.36 bits per heavy atom. The van der Waals surface area contributed by atoms with Crippen LogP contribution >= 0.6 is 0 Å². The number of hydrogen-bond donors (Lipinski definition) is 3. The molecule has 7 heteroatoms. The maximum absolute atomic E-state index is 12.3. The fourth-order valence-electron chi connectivity index (χ4n) is 3.02. The number of hydrogen-bond acceptors (Lipinski definition) is 3. The minimum absolute atomic E-state index is 0.00568. The van der Waals surface area contributed by atoms with Gasteiger partial charge in [-0.05, 0) is 26.0 Å². The van der Waals surface area contributed by atoms with E-state index in [0.29, 0.717) is 25.3 Å². The SMILES string of the molecule is CC[NH+](CC)CCNC(=O)N[C@H]1CC(=O)N(c2cccc(OC)c2)C1. The second kappa shape index (κ2) is 9.27. The van der Waals surface area contributed by atoms with Crippen LogP contribution in [0.1, 0.15) is 20.3 Å². The third-order valence-corrected chi connectivity index (χ3v) is 4.59. The fourth-order valence-corrected chi connectivity index (χ4v) is 3.02. The van der Waals surface area contributed by atoms with Crippen LogP contribution in [0.5, 0.6) is 5.75 Å². The van der Waals surface area contributed by atoms with Gasteiger partial charge in [0.25, 0.3) is 0 Å². The molecule has 1 heterocycles. The highest BCUT2D eigenvalue weighted by molar-refractivity contribution is 5.97. The molecule has 3 N–H and O–H groups in total. The summed E-state index contributed by atoms with van der Waals surface area (Å²) in [7, 11) is 1.60. The number of benzene rings is 1.